The molecule has 36 heavy (non-hydrogen) atoms. The Hall–Kier alpha value is -3.85. The lowest BCUT2D eigenvalue weighted by molar-refractivity contribution is 0.102. The fourth-order valence-electron chi connectivity index (χ4n) is 3.36. The van der Waals surface area contributed by atoms with Crippen molar-refractivity contribution in [3.05, 3.63) is 83.4 Å². The average molecular weight is 510 g/mol. The van der Waals surface area contributed by atoms with E-state index in [-0.39, 0.29) is 22.0 Å². The fourth-order valence-corrected chi connectivity index (χ4v) is 4.40. The van der Waals surface area contributed by atoms with Crippen molar-refractivity contribution in [3.8, 4) is 11.5 Å². The fraction of sp³-hybridized carbons (Fsp3) is 0.259. The van der Waals surface area contributed by atoms with Crippen LogP contribution in [0.15, 0.2) is 76.7 Å². The van der Waals surface area contributed by atoms with Crippen LogP contribution in [0.2, 0.25) is 0 Å². The summed E-state index contributed by atoms with van der Waals surface area (Å²) in [5.74, 6) is 0.331. The Bertz CT molecular complexity index is 1360. The predicted octanol–water partition coefficient (Wildman–Crippen LogP) is 4.96. The molecule has 0 aliphatic heterocycles. The number of anilines is 1. The van der Waals surface area contributed by atoms with Crippen molar-refractivity contribution >= 4 is 27.3 Å². The molecule has 0 saturated heterocycles. The van der Waals surface area contributed by atoms with Gasteiger partial charge in [0.05, 0.1) is 19.9 Å². The first kappa shape index (κ1) is 26.7. The molecule has 3 rings (SSSR count). The first-order valence-corrected chi connectivity index (χ1v) is 12.7. The normalized spacial score (nSPS) is 12.1. The zero-order valence-electron chi connectivity index (χ0n) is 21.2. The summed E-state index contributed by atoms with van der Waals surface area (Å²) in [6, 6.07) is 19.0. The van der Waals surface area contributed by atoms with E-state index in [1.165, 1.54) is 26.4 Å². The van der Waals surface area contributed by atoms with Crippen molar-refractivity contribution in [1.29, 1.82) is 0 Å². The maximum atomic E-state index is 12.8. The molecule has 0 fully saturated rings. The molecule has 0 aliphatic carbocycles. The molecule has 0 aromatic heterocycles. The van der Waals surface area contributed by atoms with Crippen LogP contribution in [0, 0.1) is 0 Å². The highest BCUT2D eigenvalue weighted by Gasteiger charge is 2.20. The number of ether oxygens (including phenoxy) is 2. The van der Waals surface area contributed by atoms with Crippen molar-refractivity contribution in [3.63, 3.8) is 0 Å². The number of sulfonamides is 1. The van der Waals surface area contributed by atoms with E-state index >= 15 is 0 Å². The summed E-state index contributed by atoms with van der Waals surface area (Å²) in [6.07, 6.45) is 0. The predicted molar refractivity (Wildman–Crippen MR) is 142 cm³/mol. The largest absolute Gasteiger partial charge is 0.497 e. The molecule has 3 aromatic rings. The highest BCUT2D eigenvalue weighted by molar-refractivity contribution is 7.89. The van der Waals surface area contributed by atoms with Gasteiger partial charge in [0.2, 0.25) is 0 Å². The van der Waals surface area contributed by atoms with Crippen molar-refractivity contribution in [1.82, 2.24) is 4.83 Å². The summed E-state index contributed by atoms with van der Waals surface area (Å²) in [5, 5.41) is 6.90. The van der Waals surface area contributed by atoms with Gasteiger partial charge in [-0.3, -0.25) is 4.79 Å². The van der Waals surface area contributed by atoms with Crippen LogP contribution in [0.5, 0.6) is 11.5 Å². The molecule has 0 aliphatic rings. The molecule has 0 bridgehead atoms. The number of rotatable bonds is 8. The highest BCUT2D eigenvalue weighted by atomic mass is 32.2. The Morgan fingerprint density at radius 3 is 2.03 bits per heavy atom. The van der Waals surface area contributed by atoms with Crippen LogP contribution in [0.4, 0.5) is 5.69 Å². The third-order valence-corrected chi connectivity index (χ3v) is 6.80. The van der Waals surface area contributed by atoms with Gasteiger partial charge >= 0.3 is 0 Å². The number of amides is 1. The van der Waals surface area contributed by atoms with Gasteiger partial charge in [0.1, 0.15) is 16.4 Å². The third kappa shape index (κ3) is 6.42. The van der Waals surface area contributed by atoms with Crippen LogP contribution in [0.3, 0.4) is 0 Å². The maximum absolute atomic E-state index is 12.8. The lowest BCUT2D eigenvalue weighted by Gasteiger charge is -2.19. The Balaban J connectivity index is 1.70. The smallest absolute Gasteiger partial charge is 0.280 e. The van der Waals surface area contributed by atoms with Gasteiger partial charge in [-0.05, 0) is 59.9 Å². The van der Waals surface area contributed by atoms with Crippen molar-refractivity contribution in [2.45, 2.75) is 38.0 Å². The standard InChI is InChI=1S/C27H31N3O5S/c1-18(29-30-36(32,33)25-17-23(34-5)15-16-24(25)35-6)19-9-13-22(14-10-19)28-26(31)20-7-11-21(12-8-20)27(2,3)4/h7-17,30H,1-6H3,(H,28,31). The monoisotopic (exact) mass is 509 g/mol. The average Bonchev–Trinajstić information content (AvgIpc) is 2.86. The first-order chi connectivity index (χ1) is 16.9. The number of carbonyl (C=O) groups is 1. The summed E-state index contributed by atoms with van der Waals surface area (Å²) in [6.45, 7) is 8.04. The zero-order chi connectivity index (χ0) is 26.5. The maximum Gasteiger partial charge on any atom is 0.280 e. The molecule has 190 valence electrons. The van der Waals surface area contributed by atoms with E-state index in [1.807, 2.05) is 24.3 Å². The van der Waals surface area contributed by atoms with Crippen LogP contribution in [0.1, 0.15) is 49.2 Å². The number of benzene rings is 3. The van der Waals surface area contributed by atoms with E-state index in [0.29, 0.717) is 28.3 Å². The molecule has 3 aromatic carbocycles. The zero-order valence-corrected chi connectivity index (χ0v) is 22.1. The number of hydrogen-bond donors (Lipinski definition) is 2. The van der Waals surface area contributed by atoms with Gasteiger partial charge in [-0.15, -0.1) is 0 Å². The Morgan fingerprint density at radius 2 is 1.47 bits per heavy atom. The molecular formula is C27H31N3O5S. The molecule has 8 nitrogen and oxygen atoms in total. The van der Waals surface area contributed by atoms with Crippen LogP contribution in [-0.4, -0.2) is 34.3 Å². The molecule has 0 spiro atoms. The SMILES string of the molecule is COc1ccc(OC)c(S(=O)(=O)NN=C(C)c2ccc(NC(=O)c3ccc(C(C)(C)C)cc3)cc2)c1. The minimum atomic E-state index is -4.01. The van der Waals surface area contributed by atoms with Gasteiger partial charge in [-0.2, -0.15) is 18.4 Å². The minimum absolute atomic E-state index is 0.0124. The molecule has 2 N–H and O–H groups in total. The molecule has 0 radical (unpaired) electrons. The van der Waals surface area contributed by atoms with E-state index in [9.17, 15) is 13.2 Å². The number of nitrogens with zero attached hydrogens (tertiary/aromatic N) is 1. The number of carbonyl (C=O) groups excluding carboxylic acids is 1. The van der Waals surface area contributed by atoms with E-state index in [0.717, 1.165) is 5.56 Å². The summed E-state index contributed by atoms with van der Waals surface area (Å²) >= 11 is 0. The van der Waals surface area contributed by atoms with Crippen molar-refractivity contribution in [2.24, 2.45) is 5.10 Å². The van der Waals surface area contributed by atoms with Gasteiger partial charge in [-0.25, -0.2) is 0 Å². The Labute approximate surface area is 212 Å². The summed E-state index contributed by atoms with van der Waals surface area (Å²) in [5.41, 5.74) is 3.46. The van der Waals surface area contributed by atoms with Crippen LogP contribution < -0.4 is 19.6 Å². The van der Waals surface area contributed by atoms with Crippen molar-refractivity contribution in [2.75, 3.05) is 19.5 Å². The molecule has 0 heterocycles. The van der Waals surface area contributed by atoms with Gasteiger partial charge in [0.15, 0.2) is 0 Å². The number of nitrogens with one attached hydrogen (secondary N) is 2. The van der Waals surface area contributed by atoms with E-state index < -0.39 is 10.0 Å². The summed E-state index contributed by atoms with van der Waals surface area (Å²) in [7, 11) is -1.17. The highest BCUT2D eigenvalue weighted by Crippen LogP contribution is 2.28. The molecule has 0 unspecified atom stereocenters. The second kappa shape index (κ2) is 10.8. The Kier molecular flexibility index (Phi) is 8.04. The van der Waals surface area contributed by atoms with Crippen LogP contribution in [0.25, 0.3) is 0 Å². The molecular weight excluding hydrogens is 478 g/mol. The molecule has 0 atom stereocenters. The Morgan fingerprint density at radius 1 is 0.861 bits per heavy atom. The lowest BCUT2D eigenvalue weighted by atomic mass is 9.87. The van der Waals surface area contributed by atoms with E-state index in [1.54, 1.807) is 37.3 Å². The number of hydrogen-bond acceptors (Lipinski definition) is 6. The topological polar surface area (TPSA) is 106 Å². The quantitative estimate of drug-likeness (QED) is 0.330. The van der Waals surface area contributed by atoms with Crippen LogP contribution >= 0.6 is 0 Å². The van der Waals surface area contributed by atoms with Crippen LogP contribution in [-0.2, 0) is 15.4 Å². The van der Waals surface area contributed by atoms with Gasteiger partial charge in [-0.1, -0.05) is 45.0 Å². The minimum Gasteiger partial charge on any atom is -0.497 e. The molecule has 9 heteroatoms. The van der Waals surface area contributed by atoms with E-state index in [4.69, 9.17) is 9.47 Å². The number of hydrazone groups is 1. The molecule has 0 saturated carbocycles. The third-order valence-electron chi connectivity index (χ3n) is 5.57. The molecule has 1 amide bonds. The summed E-state index contributed by atoms with van der Waals surface area (Å²) < 4.78 is 35.9. The van der Waals surface area contributed by atoms with Gasteiger partial charge in [0.25, 0.3) is 15.9 Å². The lowest BCUT2D eigenvalue weighted by Crippen LogP contribution is -2.20. The second-order valence-electron chi connectivity index (χ2n) is 9.17. The van der Waals surface area contributed by atoms with Gasteiger partial charge in [0, 0.05) is 17.3 Å². The second-order valence-corrected chi connectivity index (χ2v) is 10.8. The van der Waals surface area contributed by atoms with Gasteiger partial charge < -0.3 is 14.8 Å². The summed E-state index contributed by atoms with van der Waals surface area (Å²) in [4.78, 5) is 14.8. The first-order valence-electron chi connectivity index (χ1n) is 11.2. The van der Waals surface area contributed by atoms with E-state index in [2.05, 4.69) is 36.0 Å². The number of methoxy groups -OCH3 is 2. The van der Waals surface area contributed by atoms with Crippen molar-refractivity contribution < 1.29 is 22.7 Å².